The Morgan fingerprint density at radius 1 is 1.12 bits per heavy atom. The largest absolute Gasteiger partial charge is 0.497 e. The van der Waals surface area contributed by atoms with E-state index < -0.39 is 23.8 Å². The number of rotatable bonds is 5. The Hall–Kier alpha value is -3.26. The number of nitrogens with one attached hydrogen (secondary N) is 1. The predicted molar refractivity (Wildman–Crippen MR) is 127 cm³/mol. The third kappa shape index (κ3) is 5.06. The van der Waals surface area contributed by atoms with E-state index in [-0.39, 0.29) is 6.61 Å². The van der Waals surface area contributed by atoms with Crippen molar-refractivity contribution in [1.82, 2.24) is 10.2 Å². The first-order valence-electron chi connectivity index (χ1n) is 10.9. The lowest BCUT2D eigenvalue weighted by Gasteiger charge is -2.39. The minimum Gasteiger partial charge on any atom is -0.497 e. The summed E-state index contributed by atoms with van der Waals surface area (Å²) in [6, 6.07) is 14.3. The standard InChI is InChI=1S/C24H27ClN4O4/c1-3-33-23(31)20-21(16-7-9-19(32-2)10-8-16)26-24(27-22(20)30)29-13-11-28(12-14-29)18-6-4-5-17(25)15-18/h4-10,15,20-21H,3,11-14H2,1-2H3,(H,26,27,30)/t20-,21+/m0/s1. The zero-order valence-electron chi connectivity index (χ0n) is 18.7. The number of esters is 1. The number of carbonyl (C=O) groups excluding carboxylic acids is 2. The lowest BCUT2D eigenvalue weighted by Crippen LogP contribution is -2.57. The highest BCUT2D eigenvalue weighted by molar-refractivity contribution is 6.30. The minimum atomic E-state index is -1.05. The molecule has 33 heavy (non-hydrogen) atoms. The monoisotopic (exact) mass is 470 g/mol. The number of nitrogens with zero attached hydrogens (tertiary/aromatic N) is 3. The van der Waals surface area contributed by atoms with Gasteiger partial charge in [0.1, 0.15) is 11.8 Å². The number of amides is 1. The molecule has 2 aliphatic rings. The van der Waals surface area contributed by atoms with Crippen LogP contribution < -0.4 is 15.0 Å². The van der Waals surface area contributed by atoms with Crippen LogP contribution in [0.25, 0.3) is 0 Å². The maximum Gasteiger partial charge on any atom is 0.321 e. The van der Waals surface area contributed by atoms with Gasteiger partial charge in [0, 0.05) is 36.9 Å². The van der Waals surface area contributed by atoms with Crippen molar-refractivity contribution in [2.45, 2.75) is 13.0 Å². The van der Waals surface area contributed by atoms with Crippen molar-refractivity contribution in [2.24, 2.45) is 10.9 Å². The van der Waals surface area contributed by atoms with Crippen molar-refractivity contribution >= 4 is 35.1 Å². The molecule has 2 aromatic rings. The van der Waals surface area contributed by atoms with E-state index in [1.165, 1.54) is 0 Å². The Balaban J connectivity index is 1.56. The van der Waals surface area contributed by atoms with E-state index in [4.69, 9.17) is 26.1 Å². The van der Waals surface area contributed by atoms with Crippen LogP contribution in [0.15, 0.2) is 53.5 Å². The van der Waals surface area contributed by atoms with Gasteiger partial charge in [-0.3, -0.25) is 14.9 Å². The zero-order valence-corrected chi connectivity index (χ0v) is 19.4. The number of methoxy groups -OCH3 is 1. The number of hydrogen-bond acceptors (Lipinski definition) is 7. The van der Waals surface area contributed by atoms with Crippen LogP contribution in [0, 0.1) is 5.92 Å². The predicted octanol–water partition coefficient (Wildman–Crippen LogP) is 2.88. The second kappa shape index (κ2) is 10.1. The summed E-state index contributed by atoms with van der Waals surface area (Å²) in [5, 5.41) is 3.53. The molecule has 0 aliphatic carbocycles. The lowest BCUT2D eigenvalue weighted by molar-refractivity contribution is -0.153. The maximum atomic E-state index is 13.0. The lowest BCUT2D eigenvalue weighted by atomic mass is 9.91. The minimum absolute atomic E-state index is 0.194. The summed E-state index contributed by atoms with van der Waals surface area (Å²) in [6.07, 6.45) is 0. The zero-order chi connectivity index (χ0) is 23.4. The third-order valence-electron chi connectivity index (χ3n) is 5.84. The number of carbonyl (C=O) groups is 2. The van der Waals surface area contributed by atoms with Gasteiger partial charge in [0.2, 0.25) is 11.9 Å². The van der Waals surface area contributed by atoms with Gasteiger partial charge in [0.15, 0.2) is 5.92 Å². The van der Waals surface area contributed by atoms with Crippen molar-refractivity contribution in [3.8, 4) is 5.75 Å². The summed E-state index contributed by atoms with van der Waals surface area (Å²) in [5.41, 5.74) is 1.81. The summed E-state index contributed by atoms with van der Waals surface area (Å²) < 4.78 is 10.4. The van der Waals surface area contributed by atoms with Gasteiger partial charge in [0.05, 0.1) is 13.7 Å². The third-order valence-corrected chi connectivity index (χ3v) is 6.08. The number of ether oxygens (including phenoxy) is 2. The molecule has 0 saturated carbocycles. The van der Waals surface area contributed by atoms with Crippen molar-refractivity contribution in [3.05, 3.63) is 59.1 Å². The molecule has 1 fully saturated rings. The highest BCUT2D eigenvalue weighted by Crippen LogP contribution is 2.32. The number of guanidine groups is 1. The molecular formula is C24H27ClN4O4. The number of anilines is 1. The van der Waals surface area contributed by atoms with E-state index in [0.29, 0.717) is 29.8 Å². The van der Waals surface area contributed by atoms with Gasteiger partial charge in [-0.15, -0.1) is 0 Å². The molecule has 2 atom stereocenters. The molecule has 1 saturated heterocycles. The van der Waals surface area contributed by atoms with E-state index >= 15 is 0 Å². The quantitative estimate of drug-likeness (QED) is 0.534. The number of piperazine rings is 1. The molecule has 2 aromatic carbocycles. The van der Waals surface area contributed by atoms with Crippen molar-refractivity contribution in [1.29, 1.82) is 0 Å². The summed E-state index contributed by atoms with van der Waals surface area (Å²) >= 11 is 6.14. The average molecular weight is 471 g/mol. The van der Waals surface area contributed by atoms with Crippen LogP contribution in [-0.2, 0) is 14.3 Å². The van der Waals surface area contributed by atoms with E-state index in [1.54, 1.807) is 26.2 Å². The number of halogens is 1. The number of benzene rings is 2. The first kappa shape index (κ1) is 22.9. The Morgan fingerprint density at radius 2 is 1.82 bits per heavy atom. The molecule has 4 rings (SSSR count). The van der Waals surface area contributed by atoms with Crippen LogP contribution >= 0.6 is 11.6 Å². The van der Waals surface area contributed by atoms with E-state index in [9.17, 15) is 9.59 Å². The molecule has 8 nitrogen and oxygen atoms in total. The van der Waals surface area contributed by atoms with E-state index in [1.807, 2.05) is 41.3 Å². The van der Waals surface area contributed by atoms with Crippen LogP contribution in [0.3, 0.4) is 0 Å². The summed E-state index contributed by atoms with van der Waals surface area (Å²) in [4.78, 5) is 34.7. The second-order valence-corrected chi connectivity index (χ2v) is 8.28. The summed E-state index contributed by atoms with van der Waals surface area (Å²) in [5.74, 6) is -0.865. The van der Waals surface area contributed by atoms with Gasteiger partial charge < -0.3 is 19.3 Å². The Kier molecular flexibility index (Phi) is 7.03. The highest BCUT2D eigenvalue weighted by Gasteiger charge is 2.42. The molecular weight excluding hydrogens is 444 g/mol. The Labute approximate surface area is 198 Å². The van der Waals surface area contributed by atoms with Gasteiger partial charge >= 0.3 is 5.97 Å². The highest BCUT2D eigenvalue weighted by atomic mass is 35.5. The molecule has 174 valence electrons. The summed E-state index contributed by atoms with van der Waals surface area (Å²) in [6.45, 7) is 4.76. The topological polar surface area (TPSA) is 83.5 Å². The molecule has 2 aliphatic heterocycles. The van der Waals surface area contributed by atoms with E-state index in [0.717, 1.165) is 24.3 Å². The van der Waals surface area contributed by atoms with Gasteiger partial charge in [-0.1, -0.05) is 29.8 Å². The van der Waals surface area contributed by atoms with Crippen LogP contribution in [-0.4, -0.2) is 62.6 Å². The summed E-state index contributed by atoms with van der Waals surface area (Å²) in [7, 11) is 1.59. The Bertz CT molecular complexity index is 1040. The fraction of sp³-hybridized carbons (Fsp3) is 0.375. The molecule has 1 amide bonds. The van der Waals surface area contributed by atoms with Crippen LogP contribution in [0.1, 0.15) is 18.5 Å². The normalized spacial score (nSPS) is 20.7. The van der Waals surface area contributed by atoms with Crippen molar-refractivity contribution in [3.63, 3.8) is 0 Å². The average Bonchev–Trinajstić information content (AvgIpc) is 2.84. The van der Waals surface area contributed by atoms with Crippen molar-refractivity contribution in [2.75, 3.05) is 44.8 Å². The molecule has 0 aromatic heterocycles. The maximum absolute atomic E-state index is 13.0. The van der Waals surface area contributed by atoms with Gasteiger partial charge in [-0.25, -0.2) is 4.99 Å². The van der Waals surface area contributed by atoms with Crippen LogP contribution in [0.5, 0.6) is 5.75 Å². The first-order valence-corrected chi connectivity index (χ1v) is 11.3. The van der Waals surface area contributed by atoms with Gasteiger partial charge in [0.25, 0.3) is 0 Å². The smallest absolute Gasteiger partial charge is 0.321 e. The molecule has 0 spiro atoms. The molecule has 0 radical (unpaired) electrons. The molecule has 0 bridgehead atoms. The fourth-order valence-electron chi connectivity index (χ4n) is 4.12. The number of aliphatic imine (C=N–C) groups is 1. The molecule has 1 N–H and O–H groups in total. The molecule has 0 unspecified atom stereocenters. The van der Waals surface area contributed by atoms with E-state index in [2.05, 4.69) is 10.2 Å². The molecule has 9 heteroatoms. The Morgan fingerprint density at radius 3 is 2.45 bits per heavy atom. The first-order chi connectivity index (χ1) is 16.0. The van der Waals surface area contributed by atoms with Crippen LogP contribution in [0.4, 0.5) is 5.69 Å². The van der Waals surface area contributed by atoms with Gasteiger partial charge in [-0.2, -0.15) is 0 Å². The second-order valence-electron chi connectivity index (χ2n) is 7.84. The SMILES string of the molecule is CCOC(=O)[C@@H]1C(=O)NC(N2CCN(c3cccc(Cl)c3)CC2)=N[C@@H]1c1ccc(OC)cc1. The van der Waals surface area contributed by atoms with Crippen LogP contribution in [0.2, 0.25) is 5.02 Å². The van der Waals surface area contributed by atoms with Crippen molar-refractivity contribution < 1.29 is 19.1 Å². The van der Waals surface area contributed by atoms with Gasteiger partial charge in [-0.05, 0) is 42.8 Å². The number of hydrogen-bond donors (Lipinski definition) is 1. The molecule has 2 heterocycles. The fourth-order valence-corrected chi connectivity index (χ4v) is 4.30.